The number of rotatable bonds is 12. The molecule has 11 nitrogen and oxygen atoms in total. The Hall–Kier alpha value is -6.62. The molecule has 1 saturated heterocycles. The third-order valence-corrected chi connectivity index (χ3v) is 8.96. The summed E-state index contributed by atoms with van der Waals surface area (Å²) in [6.07, 6.45) is -0.0498. The van der Waals surface area contributed by atoms with E-state index in [9.17, 15) is 29.3 Å². The lowest BCUT2D eigenvalue weighted by Crippen LogP contribution is -2.27. The van der Waals surface area contributed by atoms with E-state index in [-0.39, 0.29) is 46.9 Å². The third kappa shape index (κ3) is 8.05. The minimum Gasteiger partial charge on any atom is -0.457 e. The topological polar surface area (TPSA) is 142 Å². The number of hydrogen-bond acceptors (Lipinski definition) is 9. The third-order valence-electron chi connectivity index (χ3n) is 8.96. The van der Waals surface area contributed by atoms with Crippen LogP contribution in [0.2, 0.25) is 0 Å². The van der Waals surface area contributed by atoms with Crippen LogP contribution in [0.25, 0.3) is 0 Å². The highest BCUT2D eigenvalue weighted by molar-refractivity contribution is 6.01. The molecule has 1 heterocycles. The molecule has 1 atom stereocenters. The van der Waals surface area contributed by atoms with Gasteiger partial charge in [0, 0.05) is 41.8 Å². The number of nitro benzene ring substituents is 1. The summed E-state index contributed by atoms with van der Waals surface area (Å²) < 4.78 is 16.6. The van der Waals surface area contributed by atoms with Gasteiger partial charge in [-0.2, -0.15) is 0 Å². The number of hydrogen-bond donors (Lipinski definition) is 0. The number of ether oxygens (including phenoxy) is 3. The number of amides is 1. The van der Waals surface area contributed by atoms with Crippen LogP contribution in [0.5, 0.6) is 17.2 Å². The van der Waals surface area contributed by atoms with Crippen LogP contribution in [0, 0.1) is 16.0 Å². The van der Waals surface area contributed by atoms with Crippen LogP contribution >= 0.6 is 0 Å². The molecule has 1 aliphatic rings. The van der Waals surface area contributed by atoms with Crippen LogP contribution in [-0.2, 0) is 19.7 Å². The summed E-state index contributed by atoms with van der Waals surface area (Å²) in [5.74, 6) is -1.42. The van der Waals surface area contributed by atoms with Gasteiger partial charge in [0.2, 0.25) is 5.91 Å². The average molecular weight is 699 g/mol. The molecule has 1 fully saturated rings. The fraction of sp³-hybridized carbons (Fsp3) is 0.171. The summed E-state index contributed by atoms with van der Waals surface area (Å²) >= 11 is 0. The average Bonchev–Trinajstić information content (AvgIpc) is 3.56. The van der Waals surface area contributed by atoms with Crippen molar-refractivity contribution in [3.05, 3.63) is 160 Å². The summed E-state index contributed by atoms with van der Waals surface area (Å²) in [4.78, 5) is 62.5. The van der Waals surface area contributed by atoms with Gasteiger partial charge in [-0.1, -0.05) is 56.3 Å². The lowest BCUT2D eigenvalue weighted by molar-refractivity contribution is -0.384. The summed E-state index contributed by atoms with van der Waals surface area (Å²) in [5.41, 5.74) is 3.00. The van der Waals surface area contributed by atoms with Gasteiger partial charge in [-0.05, 0) is 83.9 Å². The number of Topliss-reactive ketones (excluding diaryl/α,β-unsaturated/α-hetero) is 1. The van der Waals surface area contributed by atoms with Gasteiger partial charge in [-0.25, -0.2) is 4.79 Å². The SMILES string of the molecule is CC(C)(c1ccccc1)c1ccc(Oc2ccc(N3C[C@H](C(=O)OCC(=O)c4ccc(OC(=O)c5ccc([N+](=O)[O-])cc5)cc4)CC3=O)cc2)cc1. The zero-order valence-electron chi connectivity index (χ0n) is 28.4. The van der Waals surface area contributed by atoms with Crippen molar-refractivity contribution in [2.45, 2.75) is 25.7 Å². The normalized spacial score (nSPS) is 14.1. The number of carbonyl (C=O) groups is 4. The van der Waals surface area contributed by atoms with E-state index < -0.39 is 35.2 Å². The second-order valence-electron chi connectivity index (χ2n) is 12.8. The van der Waals surface area contributed by atoms with Crippen molar-refractivity contribution in [3.8, 4) is 17.2 Å². The molecule has 5 aromatic rings. The Balaban J connectivity index is 0.975. The number of nitrogens with zero attached hydrogens (tertiary/aromatic N) is 2. The highest BCUT2D eigenvalue weighted by Gasteiger charge is 2.36. The van der Waals surface area contributed by atoms with E-state index in [1.54, 1.807) is 24.3 Å². The van der Waals surface area contributed by atoms with Crippen LogP contribution in [0.1, 0.15) is 52.1 Å². The maximum Gasteiger partial charge on any atom is 0.343 e. The molecule has 0 spiro atoms. The largest absolute Gasteiger partial charge is 0.457 e. The first-order valence-corrected chi connectivity index (χ1v) is 16.5. The van der Waals surface area contributed by atoms with Crippen molar-refractivity contribution >= 4 is 35.0 Å². The van der Waals surface area contributed by atoms with E-state index in [1.165, 1.54) is 59.0 Å². The molecule has 5 aromatic carbocycles. The molecule has 0 aliphatic carbocycles. The Bertz CT molecular complexity index is 2090. The van der Waals surface area contributed by atoms with E-state index in [4.69, 9.17) is 14.2 Å². The Kier molecular flexibility index (Phi) is 10.2. The molecule has 0 unspecified atom stereocenters. The molecule has 262 valence electrons. The summed E-state index contributed by atoms with van der Waals surface area (Å²) in [6.45, 7) is 3.94. The second-order valence-corrected chi connectivity index (χ2v) is 12.8. The van der Waals surface area contributed by atoms with Crippen molar-refractivity contribution in [2.75, 3.05) is 18.1 Å². The zero-order chi connectivity index (χ0) is 36.8. The van der Waals surface area contributed by atoms with Crippen LogP contribution in [0.15, 0.2) is 127 Å². The molecule has 6 rings (SSSR count). The molecule has 52 heavy (non-hydrogen) atoms. The van der Waals surface area contributed by atoms with Crippen molar-refractivity contribution < 1.29 is 38.3 Å². The van der Waals surface area contributed by atoms with Gasteiger partial charge in [0.05, 0.1) is 16.4 Å². The van der Waals surface area contributed by atoms with E-state index >= 15 is 0 Å². The van der Waals surface area contributed by atoms with E-state index in [1.807, 2.05) is 30.3 Å². The Labute approximate surface area is 299 Å². The van der Waals surface area contributed by atoms with Crippen LogP contribution in [-0.4, -0.2) is 41.7 Å². The zero-order valence-corrected chi connectivity index (χ0v) is 28.4. The molecule has 1 aliphatic heterocycles. The Morgan fingerprint density at radius 2 is 1.31 bits per heavy atom. The summed E-state index contributed by atoms with van der Waals surface area (Å²) in [7, 11) is 0. The fourth-order valence-electron chi connectivity index (χ4n) is 5.84. The van der Waals surface area contributed by atoms with Crippen molar-refractivity contribution in [2.24, 2.45) is 5.92 Å². The number of anilines is 1. The molecule has 1 amide bonds. The molecule has 0 N–H and O–H groups in total. The van der Waals surface area contributed by atoms with Gasteiger partial charge in [0.25, 0.3) is 5.69 Å². The number of ketones is 1. The maximum atomic E-state index is 12.8. The van der Waals surface area contributed by atoms with Crippen LogP contribution < -0.4 is 14.4 Å². The highest BCUT2D eigenvalue weighted by atomic mass is 16.6. The van der Waals surface area contributed by atoms with E-state index in [0.717, 1.165) is 5.56 Å². The number of non-ortho nitro benzene ring substituents is 1. The molecular formula is C41H34N2O9. The first kappa shape index (κ1) is 35.2. The van der Waals surface area contributed by atoms with Gasteiger partial charge < -0.3 is 19.1 Å². The fourth-order valence-corrected chi connectivity index (χ4v) is 5.84. The molecular weight excluding hydrogens is 664 g/mol. The first-order chi connectivity index (χ1) is 25.0. The van der Waals surface area contributed by atoms with Gasteiger partial charge in [-0.15, -0.1) is 0 Å². The molecule has 0 saturated carbocycles. The smallest absolute Gasteiger partial charge is 0.343 e. The minimum atomic E-state index is -0.740. The maximum absolute atomic E-state index is 12.8. The highest BCUT2D eigenvalue weighted by Crippen LogP contribution is 2.34. The number of carbonyl (C=O) groups excluding carboxylic acids is 4. The minimum absolute atomic E-state index is 0.0498. The number of benzene rings is 5. The van der Waals surface area contributed by atoms with Gasteiger partial charge in [0.1, 0.15) is 17.2 Å². The van der Waals surface area contributed by atoms with Crippen molar-refractivity contribution in [1.82, 2.24) is 0 Å². The predicted molar refractivity (Wildman–Crippen MR) is 192 cm³/mol. The quantitative estimate of drug-likeness (QED) is 0.0421. The van der Waals surface area contributed by atoms with Crippen LogP contribution in [0.4, 0.5) is 11.4 Å². The van der Waals surface area contributed by atoms with Gasteiger partial charge in [0.15, 0.2) is 12.4 Å². The molecule has 0 aromatic heterocycles. The Morgan fingerprint density at radius 1 is 0.750 bits per heavy atom. The van der Waals surface area contributed by atoms with Gasteiger partial charge in [-0.3, -0.25) is 24.5 Å². The lowest BCUT2D eigenvalue weighted by Gasteiger charge is -2.26. The van der Waals surface area contributed by atoms with E-state index in [2.05, 4.69) is 38.1 Å². The lowest BCUT2D eigenvalue weighted by atomic mass is 9.78. The monoisotopic (exact) mass is 698 g/mol. The Morgan fingerprint density at radius 3 is 1.92 bits per heavy atom. The number of esters is 2. The second kappa shape index (κ2) is 15.1. The van der Waals surface area contributed by atoms with Crippen LogP contribution in [0.3, 0.4) is 0 Å². The molecule has 0 radical (unpaired) electrons. The van der Waals surface area contributed by atoms with E-state index in [0.29, 0.717) is 17.2 Å². The number of nitro groups is 1. The van der Waals surface area contributed by atoms with Crippen molar-refractivity contribution in [1.29, 1.82) is 0 Å². The summed E-state index contributed by atoms with van der Waals surface area (Å²) in [5, 5.41) is 10.8. The molecule has 11 heteroatoms. The first-order valence-electron chi connectivity index (χ1n) is 16.5. The predicted octanol–water partition coefficient (Wildman–Crippen LogP) is 7.71. The molecule has 0 bridgehead atoms. The van der Waals surface area contributed by atoms with Crippen molar-refractivity contribution in [3.63, 3.8) is 0 Å². The summed E-state index contributed by atoms with van der Waals surface area (Å²) in [6, 6.07) is 35.9. The standard InChI is InChI=1S/C41H34N2O9/c1-41(2,30-6-4-3-5-7-30)31-12-20-34(21-13-31)51-35-22-16-32(17-23-35)42-25-29(24-38(42)45)39(46)50-26-37(44)27-10-18-36(19-11-27)52-40(47)28-8-14-33(15-9-28)43(48)49/h3-23,29H,24-26H2,1-2H3/t29-/m1/s1. The van der Waals surface area contributed by atoms with Gasteiger partial charge >= 0.3 is 11.9 Å².